The van der Waals surface area contributed by atoms with Crippen LogP contribution in [0.15, 0.2) is 42.5 Å². The maximum Gasteiger partial charge on any atom is 0.235 e. The first kappa shape index (κ1) is 20.2. The lowest BCUT2D eigenvalue weighted by atomic mass is 10.0. The molecule has 0 bridgehead atoms. The third-order valence-corrected chi connectivity index (χ3v) is 6.30. The van der Waals surface area contributed by atoms with Gasteiger partial charge in [-0.25, -0.2) is 4.68 Å². The number of rotatable bonds is 5. The van der Waals surface area contributed by atoms with Crippen LogP contribution in [0.3, 0.4) is 0 Å². The van der Waals surface area contributed by atoms with Crippen molar-refractivity contribution in [3.05, 3.63) is 59.3 Å². The number of thioether (sulfide) groups is 1. The lowest BCUT2D eigenvalue weighted by molar-refractivity contribution is -0.113. The summed E-state index contributed by atoms with van der Waals surface area (Å²) in [5, 5.41) is 7.64. The molecule has 3 aromatic rings. The number of anilines is 1. The van der Waals surface area contributed by atoms with Crippen molar-refractivity contribution in [2.45, 2.75) is 12.2 Å². The Labute approximate surface area is 179 Å². The molecule has 30 heavy (non-hydrogen) atoms. The lowest BCUT2D eigenvalue weighted by Gasteiger charge is -2.19. The molecule has 1 aromatic heterocycles. The monoisotopic (exact) mass is 425 g/mol. The first-order valence-corrected chi connectivity index (χ1v) is 10.5. The Hall–Kier alpha value is -3.13. The number of nitrogens with zero attached hydrogens (tertiary/aromatic N) is 2. The Balaban J connectivity index is 1.88. The second kappa shape index (κ2) is 8.31. The Morgan fingerprint density at radius 3 is 2.40 bits per heavy atom. The second-order valence-electron chi connectivity index (χ2n) is 6.80. The fourth-order valence-electron chi connectivity index (χ4n) is 3.58. The molecule has 0 fully saturated rings. The van der Waals surface area contributed by atoms with E-state index in [1.165, 1.54) is 0 Å². The molecule has 1 N–H and O–H groups in total. The molecule has 0 unspecified atom stereocenters. The summed E-state index contributed by atoms with van der Waals surface area (Å²) >= 11 is 1.54. The van der Waals surface area contributed by atoms with Gasteiger partial charge in [0, 0.05) is 11.1 Å². The number of methoxy groups -OCH3 is 3. The van der Waals surface area contributed by atoms with Crippen LogP contribution >= 0.6 is 11.8 Å². The normalized spacial score (nSPS) is 15.7. The molecule has 7 nitrogen and oxygen atoms in total. The first-order valence-electron chi connectivity index (χ1n) is 9.43. The van der Waals surface area contributed by atoms with E-state index in [1.807, 2.05) is 49.4 Å². The molecule has 2 aromatic carbocycles. The smallest absolute Gasteiger partial charge is 0.235 e. The standard InChI is InChI=1S/C22H23N3O4S/c1-13-20-21(17-11-16(28-3)9-10-18(17)29-4)30-12-19(26)23-22(20)25(24-13)14-5-7-15(27-2)8-6-14/h5-11,21H,12H2,1-4H3,(H,23,26)/t21-/m1/s1. The minimum Gasteiger partial charge on any atom is -0.497 e. The van der Waals surface area contributed by atoms with Crippen LogP contribution in [0.25, 0.3) is 5.69 Å². The fourth-order valence-corrected chi connectivity index (χ4v) is 4.79. The largest absolute Gasteiger partial charge is 0.497 e. The lowest BCUT2D eigenvalue weighted by Crippen LogP contribution is -2.15. The molecule has 0 radical (unpaired) electrons. The number of amides is 1. The number of hydrogen-bond acceptors (Lipinski definition) is 6. The molecule has 0 saturated heterocycles. The molecule has 1 aliphatic rings. The molecule has 156 valence electrons. The number of hydrogen-bond donors (Lipinski definition) is 1. The minimum absolute atomic E-state index is 0.0692. The SMILES string of the molecule is COc1ccc(-n2nc(C)c3c2NC(=O)CS[C@@H]3c2cc(OC)ccc2OC)cc1. The van der Waals surface area contributed by atoms with Crippen molar-refractivity contribution >= 4 is 23.5 Å². The molecule has 1 atom stereocenters. The molecule has 0 saturated carbocycles. The van der Waals surface area contributed by atoms with Crippen molar-refractivity contribution < 1.29 is 19.0 Å². The van der Waals surface area contributed by atoms with Crippen molar-refractivity contribution in [1.82, 2.24) is 9.78 Å². The van der Waals surface area contributed by atoms with Crippen LogP contribution < -0.4 is 19.5 Å². The highest BCUT2D eigenvalue weighted by atomic mass is 32.2. The molecule has 0 aliphatic carbocycles. The van der Waals surface area contributed by atoms with Crippen LogP contribution in [0, 0.1) is 6.92 Å². The Morgan fingerprint density at radius 2 is 1.73 bits per heavy atom. The van der Waals surface area contributed by atoms with Gasteiger partial charge in [0.1, 0.15) is 23.1 Å². The molecule has 1 aliphatic heterocycles. The number of aryl methyl sites for hydroxylation is 1. The number of carbonyl (C=O) groups excluding carboxylic acids is 1. The fraction of sp³-hybridized carbons (Fsp3) is 0.273. The number of carbonyl (C=O) groups is 1. The third kappa shape index (κ3) is 3.59. The van der Waals surface area contributed by atoms with Gasteiger partial charge in [-0.1, -0.05) is 0 Å². The zero-order chi connectivity index (χ0) is 21.3. The van der Waals surface area contributed by atoms with Gasteiger partial charge in [0.15, 0.2) is 0 Å². The van der Waals surface area contributed by atoms with Gasteiger partial charge in [0.2, 0.25) is 5.91 Å². The third-order valence-electron chi connectivity index (χ3n) is 5.04. The van der Waals surface area contributed by atoms with E-state index in [2.05, 4.69) is 5.32 Å². The van der Waals surface area contributed by atoms with Gasteiger partial charge in [0.05, 0.1) is 43.7 Å². The molecule has 0 spiro atoms. The number of ether oxygens (including phenoxy) is 3. The summed E-state index contributed by atoms with van der Waals surface area (Å²) in [5.41, 5.74) is 3.57. The van der Waals surface area contributed by atoms with Crippen LogP contribution in [0.1, 0.15) is 22.1 Å². The zero-order valence-electron chi connectivity index (χ0n) is 17.3. The van der Waals surface area contributed by atoms with Crippen molar-refractivity contribution in [1.29, 1.82) is 0 Å². The van der Waals surface area contributed by atoms with Crippen LogP contribution in [0.2, 0.25) is 0 Å². The summed E-state index contributed by atoms with van der Waals surface area (Å²) in [6.07, 6.45) is 0. The molecule has 8 heteroatoms. The van der Waals surface area contributed by atoms with E-state index in [0.29, 0.717) is 11.6 Å². The predicted octanol–water partition coefficient (Wildman–Crippen LogP) is 3.98. The summed E-state index contributed by atoms with van der Waals surface area (Å²) in [7, 11) is 4.91. The van der Waals surface area contributed by atoms with Crippen molar-refractivity contribution in [3.63, 3.8) is 0 Å². The first-order chi connectivity index (χ1) is 14.5. The summed E-state index contributed by atoms with van der Waals surface area (Å²) in [6, 6.07) is 13.3. The van der Waals surface area contributed by atoms with Gasteiger partial charge < -0.3 is 19.5 Å². The van der Waals surface area contributed by atoms with Gasteiger partial charge in [-0.15, -0.1) is 11.8 Å². The average Bonchev–Trinajstić information content (AvgIpc) is 2.98. The quantitative estimate of drug-likeness (QED) is 0.667. The van der Waals surface area contributed by atoms with Crippen molar-refractivity contribution in [2.24, 2.45) is 0 Å². The van der Waals surface area contributed by atoms with E-state index in [0.717, 1.165) is 39.8 Å². The predicted molar refractivity (Wildman–Crippen MR) is 117 cm³/mol. The number of aromatic nitrogens is 2. The van der Waals surface area contributed by atoms with Gasteiger partial charge in [-0.05, 0) is 49.4 Å². The van der Waals surface area contributed by atoms with Crippen molar-refractivity contribution in [2.75, 3.05) is 32.4 Å². The Bertz CT molecular complexity index is 1080. The van der Waals surface area contributed by atoms with E-state index in [1.54, 1.807) is 37.8 Å². The minimum atomic E-state index is -0.143. The summed E-state index contributed by atoms with van der Waals surface area (Å²) in [5.74, 6) is 3.15. The summed E-state index contributed by atoms with van der Waals surface area (Å²) in [4.78, 5) is 12.5. The molecular formula is C22H23N3O4S. The molecule has 1 amide bonds. The van der Waals surface area contributed by atoms with Gasteiger partial charge in [-0.3, -0.25) is 4.79 Å². The number of benzene rings is 2. The highest BCUT2D eigenvalue weighted by molar-refractivity contribution is 8.00. The zero-order valence-corrected chi connectivity index (χ0v) is 18.1. The highest BCUT2D eigenvalue weighted by Gasteiger charge is 2.32. The topological polar surface area (TPSA) is 74.6 Å². The van der Waals surface area contributed by atoms with E-state index in [-0.39, 0.29) is 11.2 Å². The number of nitrogens with one attached hydrogen (secondary N) is 1. The Morgan fingerprint density at radius 1 is 1.03 bits per heavy atom. The average molecular weight is 426 g/mol. The van der Waals surface area contributed by atoms with Crippen LogP contribution in [0.5, 0.6) is 17.2 Å². The van der Waals surface area contributed by atoms with E-state index in [4.69, 9.17) is 19.3 Å². The molecular weight excluding hydrogens is 402 g/mol. The molecule has 2 heterocycles. The summed E-state index contributed by atoms with van der Waals surface area (Å²) in [6.45, 7) is 1.95. The van der Waals surface area contributed by atoms with E-state index < -0.39 is 0 Å². The maximum absolute atomic E-state index is 12.5. The van der Waals surface area contributed by atoms with Crippen LogP contribution in [0.4, 0.5) is 5.82 Å². The van der Waals surface area contributed by atoms with Gasteiger partial charge in [0.25, 0.3) is 0 Å². The number of fused-ring (bicyclic) bond motifs is 1. The summed E-state index contributed by atoms with van der Waals surface area (Å²) < 4.78 is 18.1. The van der Waals surface area contributed by atoms with Crippen molar-refractivity contribution in [3.8, 4) is 22.9 Å². The Kier molecular flexibility index (Phi) is 5.59. The van der Waals surface area contributed by atoms with E-state index >= 15 is 0 Å². The van der Waals surface area contributed by atoms with Crippen LogP contribution in [-0.2, 0) is 4.79 Å². The van der Waals surface area contributed by atoms with Gasteiger partial charge in [-0.2, -0.15) is 5.10 Å². The van der Waals surface area contributed by atoms with Crippen LogP contribution in [-0.4, -0.2) is 42.8 Å². The molecule has 4 rings (SSSR count). The van der Waals surface area contributed by atoms with E-state index in [9.17, 15) is 4.79 Å². The maximum atomic E-state index is 12.5. The highest BCUT2D eigenvalue weighted by Crippen LogP contribution is 2.47. The van der Waals surface area contributed by atoms with Gasteiger partial charge >= 0.3 is 0 Å². The second-order valence-corrected chi connectivity index (χ2v) is 7.90.